The lowest BCUT2D eigenvalue weighted by Crippen LogP contribution is -2.27. The zero-order chi connectivity index (χ0) is 17.1. The number of carbonyl (C=O) groups excluding carboxylic acids is 1. The molecule has 0 unspecified atom stereocenters. The molecule has 1 amide bonds. The van der Waals surface area contributed by atoms with E-state index in [4.69, 9.17) is 4.74 Å². The number of nitrogens with zero attached hydrogens (tertiary/aromatic N) is 2. The third kappa shape index (κ3) is 2.74. The minimum Gasteiger partial charge on any atom is -0.495 e. The zero-order valence-electron chi connectivity index (χ0n) is 13.4. The quantitative estimate of drug-likeness (QED) is 0.801. The minimum absolute atomic E-state index is 0.138. The Bertz CT molecular complexity index is 963. The molecule has 6 heteroatoms. The van der Waals surface area contributed by atoms with Crippen molar-refractivity contribution in [1.82, 2.24) is 9.78 Å². The second kappa shape index (κ2) is 6.54. The summed E-state index contributed by atoms with van der Waals surface area (Å²) in [6.07, 6.45) is 0. The van der Waals surface area contributed by atoms with Crippen molar-refractivity contribution >= 4 is 22.5 Å². The number of anilines is 1. The second-order valence-corrected chi connectivity index (χ2v) is 5.17. The summed E-state index contributed by atoms with van der Waals surface area (Å²) in [7, 11) is 1.52. The van der Waals surface area contributed by atoms with Crippen LogP contribution in [-0.4, -0.2) is 22.8 Å². The number of ether oxygens (including phenoxy) is 1. The van der Waals surface area contributed by atoms with Crippen LogP contribution in [0, 0.1) is 0 Å². The number of fused-ring (bicyclic) bond motifs is 1. The molecule has 3 rings (SSSR count). The number of carbonyl (C=O) groups is 1. The Morgan fingerprint density at radius 1 is 1.17 bits per heavy atom. The molecule has 0 aliphatic rings. The van der Waals surface area contributed by atoms with Crippen molar-refractivity contribution in [1.29, 1.82) is 0 Å². The summed E-state index contributed by atoms with van der Waals surface area (Å²) in [5, 5.41) is 7.39. The van der Waals surface area contributed by atoms with Crippen LogP contribution in [0.1, 0.15) is 17.4 Å². The predicted molar refractivity (Wildman–Crippen MR) is 92.6 cm³/mol. The zero-order valence-corrected chi connectivity index (χ0v) is 13.4. The van der Waals surface area contributed by atoms with Crippen LogP contribution >= 0.6 is 0 Å². The fourth-order valence-electron chi connectivity index (χ4n) is 2.56. The third-order valence-electron chi connectivity index (χ3n) is 3.73. The van der Waals surface area contributed by atoms with Crippen molar-refractivity contribution in [3.05, 3.63) is 64.4 Å². The topological polar surface area (TPSA) is 73.2 Å². The molecule has 0 atom stereocenters. The number of rotatable bonds is 4. The Morgan fingerprint density at radius 2 is 1.88 bits per heavy atom. The van der Waals surface area contributed by atoms with Gasteiger partial charge < -0.3 is 10.1 Å². The van der Waals surface area contributed by atoms with Crippen molar-refractivity contribution in [2.45, 2.75) is 13.5 Å². The van der Waals surface area contributed by atoms with Gasteiger partial charge in [-0.25, -0.2) is 0 Å². The average Bonchev–Trinajstić information content (AvgIpc) is 2.62. The van der Waals surface area contributed by atoms with E-state index in [0.29, 0.717) is 28.9 Å². The fraction of sp³-hybridized carbons (Fsp3) is 0.167. The molecule has 1 aromatic heterocycles. The highest BCUT2D eigenvalue weighted by molar-refractivity contribution is 6.05. The minimum atomic E-state index is -0.558. The maximum atomic E-state index is 12.6. The lowest BCUT2D eigenvalue weighted by Gasteiger charge is -2.12. The van der Waals surface area contributed by atoms with Gasteiger partial charge in [-0.15, -0.1) is 0 Å². The van der Waals surface area contributed by atoms with Crippen molar-refractivity contribution in [2.75, 3.05) is 12.4 Å². The number of hydrogen-bond acceptors (Lipinski definition) is 4. The first-order valence-corrected chi connectivity index (χ1v) is 7.60. The van der Waals surface area contributed by atoms with Crippen LogP contribution in [0.25, 0.3) is 10.9 Å². The van der Waals surface area contributed by atoms with Crippen LogP contribution < -0.4 is 15.5 Å². The largest absolute Gasteiger partial charge is 0.495 e. The maximum Gasteiger partial charge on any atom is 0.280 e. The number of benzene rings is 2. The average molecular weight is 323 g/mol. The number of aryl methyl sites for hydroxylation is 1. The van der Waals surface area contributed by atoms with E-state index in [-0.39, 0.29) is 11.1 Å². The lowest BCUT2D eigenvalue weighted by atomic mass is 10.2. The number of hydrogen-bond donors (Lipinski definition) is 1. The van der Waals surface area contributed by atoms with E-state index in [2.05, 4.69) is 10.4 Å². The molecule has 0 aliphatic heterocycles. The molecule has 1 N–H and O–H groups in total. The van der Waals surface area contributed by atoms with Gasteiger partial charge in [0.1, 0.15) is 5.75 Å². The van der Waals surface area contributed by atoms with Gasteiger partial charge in [-0.05, 0) is 31.2 Å². The molecule has 3 aromatic rings. The van der Waals surface area contributed by atoms with Gasteiger partial charge in [0.05, 0.1) is 18.3 Å². The van der Waals surface area contributed by atoms with Crippen LogP contribution in [0.15, 0.2) is 53.3 Å². The Morgan fingerprint density at radius 3 is 2.62 bits per heavy atom. The van der Waals surface area contributed by atoms with E-state index in [1.807, 2.05) is 19.1 Å². The van der Waals surface area contributed by atoms with E-state index in [0.717, 1.165) is 0 Å². The molecule has 2 aromatic carbocycles. The molecule has 0 saturated heterocycles. The van der Waals surface area contributed by atoms with E-state index in [1.54, 1.807) is 41.1 Å². The molecule has 24 heavy (non-hydrogen) atoms. The molecule has 122 valence electrons. The number of methoxy groups -OCH3 is 1. The molecule has 0 fully saturated rings. The number of nitrogens with one attached hydrogen (secondary N) is 1. The van der Waals surface area contributed by atoms with Gasteiger partial charge in [0, 0.05) is 11.9 Å². The van der Waals surface area contributed by atoms with Crippen molar-refractivity contribution in [2.24, 2.45) is 0 Å². The Kier molecular flexibility index (Phi) is 4.29. The van der Waals surface area contributed by atoms with Gasteiger partial charge in [0.25, 0.3) is 5.91 Å². The highest BCUT2D eigenvalue weighted by atomic mass is 16.5. The Balaban J connectivity index is 2.07. The van der Waals surface area contributed by atoms with Crippen LogP contribution in [0.2, 0.25) is 0 Å². The van der Waals surface area contributed by atoms with Gasteiger partial charge in [0.2, 0.25) is 5.43 Å². The smallest absolute Gasteiger partial charge is 0.280 e. The molecule has 1 heterocycles. The number of amides is 1. The SMILES string of the molecule is CCn1nc(C(=O)Nc2ccccc2OC)c(=O)c2ccccc21. The second-order valence-electron chi connectivity index (χ2n) is 5.17. The summed E-state index contributed by atoms with van der Waals surface area (Å²) >= 11 is 0. The number of aromatic nitrogens is 2. The highest BCUT2D eigenvalue weighted by Crippen LogP contribution is 2.23. The van der Waals surface area contributed by atoms with Crippen molar-refractivity contribution < 1.29 is 9.53 Å². The molecule has 0 aliphatic carbocycles. The summed E-state index contributed by atoms with van der Waals surface area (Å²) in [4.78, 5) is 25.2. The summed E-state index contributed by atoms with van der Waals surface area (Å²) in [6.45, 7) is 2.46. The van der Waals surface area contributed by atoms with Crippen molar-refractivity contribution in [3.8, 4) is 5.75 Å². The predicted octanol–water partition coefficient (Wildman–Crippen LogP) is 2.68. The van der Waals surface area contributed by atoms with Gasteiger partial charge in [-0.1, -0.05) is 24.3 Å². The monoisotopic (exact) mass is 323 g/mol. The summed E-state index contributed by atoms with van der Waals surface area (Å²) < 4.78 is 6.86. The molecule has 6 nitrogen and oxygen atoms in total. The van der Waals surface area contributed by atoms with E-state index in [9.17, 15) is 9.59 Å². The normalized spacial score (nSPS) is 10.6. The van der Waals surface area contributed by atoms with E-state index < -0.39 is 5.91 Å². The summed E-state index contributed by atoms with van der Waals surface area (Å²) in [6, 6.07) is 14.1. The van der Waals surface area contributed by atoms with Gasteiger partial charge in [0.15, 0.2) is 5.69 Å². The van der Waals surface area contributed by atoms with Crippen LogP contribution in [0.5, 0.6) is 5.75 Å². The lowest BCUT2D eigenvalue weighted by molar-refractivity contribution is 0.101. The summed E-state index contributed by atoms with van der Waals surface area (Å²) in [5.41, 5.74) is 0.672. The van der Waals surface area contributed by atoms with Crippen LogP contribution in [0.3, 0.4) is 0 Å². The Hall–Kier alpha value is -3.15. The first-order valence-electron chi connectivity index (χ1n) is 7.60. The first-order chi connectivity index (χ1) is 11.7. The molecule has 0 saturated carbocycles. The fourth-order valence-corrected chi connectivity index (χ4v) is 2.56. The van der Waals surface area contributed by atoms with Gasteiger partial charge in [-0.2, -0.15) is 5.10 Å². The van der Waals surface area contributed by atoms with Gasteiger partial charge >= 0.3 is 0 Å². The third-order valence-corrected chi connectivity index (χ3v) is 3.73. The Labute approximate surface area is 138 Å². The maximum absolute atomic E-state index is 12.6. The van der Waals surface area contributed by atoms with E-state index in [1.165, 1.54) is 7.11 Å². The van der Waals surface area contributed by atoms with Crippen LogP contribution in [0.4, 0.5) is 5.69 Å². The van der Waals surface area contributed by atoms with Crippen molar-refractivity contribution in [3.63, 3.8) is 0 Å². The molecule has 0 bridgehead atoms. The van der Waals surface area contributed by atoms with Gasteiger partial charge in [-0.3, -0.25) is 14.3 Å². The summed E-state index contributed by atoms with van der Waals surface area (Å²) in [5.74, 6) is -0.0418. The molecular weight excluding hydrogens is 306 g/mol. The first kappa shape index (κ1) is 15.7. The molecule has 0 radical (unpaired) electrons. The molecular formula is C18H17N3O3. The number of para-hydroxylation sites is 3. The van der Waals surface area contributed by atoms with E-state index >= 15 is 0 Å². The molecule has 0 spiro atoms. The van der Waals surface area contributed by atoms with Crippen LogP contribution in [-0.2, 0) is 6.54 Å². The highest BCUT2D eigenvalue weighted by Gasteiger charge is 2.18. The standard InChI is InChI=1S/C18H17N3O3/c1-3-21-14-10-6-4-8-12(14)17(22)16(20-21)18(23)19-13-9-5-7-11-15(13)24-2/h4-11H,3H2,1-2H3,(H,19,23).